The van der Waals surface area contributed by atoms with Gasteiger partial charge in [-0.3, -0.25) is 0 Å². The van der Waals surface area contributed by atoms with E-state index in [-0.39, 0.29) is 5.41 Å². The largest absolute Gasteiger partial charge is 0.344 e. The lowest BCUT2D eigenvalue weighted by Crippen LogP contribution is -2.26. The standard InChI is InChI=1S/C48H34N2/c1-49(46-30-31-47(41-24-9-8-23-40(41)46)50(33-16-4-2-5-17-33)34-18-6-3-7-19-34)35-28-29-39-38-22-12-15-27-44(38)48(45(39)32-35)42-25-13-10-20-36(42)37-21-11-14-26-43(37)48/h2-32H,1H3. The van der Waals surface area contributed by atoms with Gasteiger partial charge in [0.15, 0.2) is 0 Å². The molecule has 0 atom stereocenters. The zero-order valence-electron chi connectivity index (χ0n) is 27.8. The van der Waals surface area contributed by atoms with Crippen LogP contribution in [0.5, 0.6) is 0 Å². The van der Waals surface area contributed by atoms with Crippen LogP contribution in [0.15, 0.2) is 188 Å². The van der Waals surface area contributed by atoms with Crippen molar-refractivity contribution in [2.24, 2.45) is 0 Å². The van der Waals surface area contributed by atoms with E-state index in [1.165, 1.54) is 66.7 Å². The Labute approximate surface area is 293 Å². The topological polar surface area (TPSA) is 6.48 Å². The van der Waals surface area contributed by atoms with Crippen molar-refractivity contribution < 1.29 is 0 Å². The van der Waals surface area contributed by atoms with E-state index in [4.69, 9.17) is 0 Å². The number of nitrogens with zero attached hydrogens (tertiary/aromatic N) is 2. The quantitative estimate of drug-likeness (QED) is 0.185. The third-order valence-electron chi connectivity index (χ3n) is 10.9. The summed E-state index contributed by atoms with van der Waals surface area (Å²) < 4.78 is 0. The van der Waals surface area contributed by atoms with E-state index in [1.807, 2.05) is 0 Å². The van der Waals surface area contributed by atoms with Crippen LogP contribution in [0.1, 0.15) is 22.3 Å². The molecule has 0 N–H and O–H groups in total. The maximum atomic E-state index is 2.46. The Balaban J connectivity index is 1.16. The van der Waals surface area contributed by atoms with Gasteiger partial charge < -0.3 is 9.80 Å². The van der Waals surface area contributed by atoms with Crippen LogP contribution in [-0.4, -0.2) is 7.05 Å². The average molecular weight is 639 g/mol. The molecule has 8 aromatic rings. The summed E-state index contributed by atoms with van der Waals surface area (Å²) in [5.41, 5.74) is 16.1. The van der Waals surface area contributed by atoms with Gasteiger partial charge in [-0.05, 0) is 93.0 Å². The molecular formula is C48H34N2. The van der Waals surface area contributed by atoms with Crippen molar-refractivity contribution in [2.45, 2.75) is 5.41 Å². The molecule has 0 radical (unpaired) electrons. The molecule has 0 bridgehead atoms. The number of benzene rings is 8. The van der Waals surface area contributed by atoms with Gasteiger partial charge in [0.2, 0.25) is 0 Å². The SMILES string of the molecule is CN(c1ccc2c(c1)C1(c3ccccc3-c3ccccc31)c1ccccc1-2)c1ccc(N(c2ccccc2)c2ccccc2)c2ccccc12. The molecule has 1 spiro atoms. The van der Waals surface area contributed by atoms with Crippen molar-refractivity contribution in [3.05, 3.63) is 210 Å². The summed E-state index contributed by atoms with van der Waals surface area (Å²) >= 11 is 0. The number of hydrogen-bond donors (Lipinski definition) is 0. The second kappa shape index (κ2) is 11.1. The fraction of sp³-hybridized carbons (Fsp3) is 0.0417. The van der Waals surface area contributed by atoms with Gasteiger partial charge in [-0.15, -0.1) is 0 Å². The summed E-state index contributed by atoms with van der Waals surface area (Å²) in [6.07, 6.45) is 0. The summed E-state index contributed by atoms with van der Waals surface area (Å²) in [5.74, 6) is 0. The van der Waals surface area contributed by atoms with E-state index < -0.39 is 0 Å². The zero-order chi connectivity index (χ0) is 33.2. The predicted molar refractivity (Wildman–Crippen MR) is 209 cm³/mol. The fourth-order valence-electron chi connectivity index (χ4n) is 8.77. The highest BCUT2D eigenvalue weighted by Crippen LogP contribution is 2.63. The third kappa shape index (κ3) is 3.96. The van der Waals surface area contributed by atoms with Crippen LogP contribution in [0.2, 0.25) is 0 Å². The maximum absolute atomic E-state index is 2.46. The predicted octanol–water partition coefficient (Wildman–Crippen LogP) is 12.4. The molecule has 236 valence electrons. The van der Waals surface area contributed by atoms with Gasteiger partial charge in [-0.2, -0.15) is 0 Å². The van der Waals surface area contributed by atoms with Crippen LogP contribution >= 0.6 is 0 Å². The molecule has 0 amide bonds. The minimum absolute atomic E-state index is 0.367. The van der Waals surface area contributed by atoms with Crippen molar-refractivity contribution in [3.63, 3.8) is 0 Å². The molecule has 10 rings (SSSR count). The molecule has 2 nitrogen and oxygen atoms in total. The van der Waals surface area contributed by atoms with Gasteiger partial charge in [0.25, 0.3) is 0 Å². The molecule has 2 aliphatic carbocycles. The molecule has 0 aliphatic heterocycles. The van der Waals surface area contributed by atoms with Crippen molar-refractivity contribution in [3.8, 4) is 22.3 Å². The zero-order valence-corrected chi connectivity index (χ0v) is 27.8. The summed E-state index contributed by atoms with van der Waals surface area (Å²) in [5, 5.41) is 2.41. The monoisotopic (exact) mass is 638 g/mol. The second-order valence-corrected chi connectivity index (χ2v) is 13.3. The van der Waals surface area contributed by atoms with Crippen LogP contribution in [0.3, 0.4) is 0 Å². The molecule has 8 aromatic carbocycles. The first-order valence-corrected chi connectivity index (χ1v) is 17.3. The molecule has 0 unspecified atom stereocenters. The highest BCUT2D eigenvalue weighted by Gasteiger charge is 2.51. The molecular weight excluding hydrogens is 605 g/mol. The van der Waals surface area contributed by atoms with E-state index in [1.54, 1.807) is 0 Å². The third-order valence-corrected chi connectivity index (χ3v) is 10.9. The smallest absolute Gasteiger partial charge is 0.0726 e. The van der Waals surface area contributed by atoms with Gasteiger partial charge in [-0.1, -0.05) is 140 Å². The maximum Gasteiger partial charge on any atom is 0.0726 e. The molecule has 0 heterocycles. The Bertz CT molecular complexity index is 2470. The summed E-state index contributed by atoms with van der Waals surface area (Å²) in [6.45, 7) is 0. The molecule has 2 aliphatic rings. The first-order chi connectivity index (χ1) is 24.7. The number of anilines is 5. The Morgan fingerprint density at radius 1 is 0.340 bits per heavy atom. The Kier molecular flexibility index (Phi) is 6.34. The summed E-state index contributed by atoms with van der Waals surface area (Å²) in [4.78, 5) is 4.72. The molecule has 0 fully saturated rings. The lowest BCUT2D eigenvalue weighted by atomic mass is 9.70. The minimum Gasteiger partial charge on any atom is -0.344 e. The van der Waals surface area contributed by atoms with Crippen LogP contribution < -0.4 is 9.80 Å². The van der Waals surface area contributed by atoms with Gasteiger partial charge >= 0.3 is 0 Å². The number of rotatable bonds is 5. The van der Waals surface area contributed by atoms with Crippen molar-refractivity contribution >= 4 is 39.2 Å². The lowest BCUT2D eigenvalue weighted by molar-refractivity contribution is 0.793. The van der Waals surface area contributed by atoms with E-state index in [9.17, 15) is 0 Å². The normalized spacial score (nSPS) is 13.1. The van der Waals surface area contributed by atoms with Crippen LogP contribution in [-0.2, 0) is 5.41 Å². The number of para-hydroxylation sites is 2. The molecule has 2 heteroatoms. The summed E-state index contributed by atoms with van der Waals surface area (Å²) in [6, 6.07) is 68.8. The van der Waals surface area contributed by atoms with Gasteiger partial charge in [0.05, 0.1) is 11.1 Å². The van der Waals surface area contributed by atoms with Gasteiger partial charge in [0, 0.05) is 40.6 Å². The first kappa shape index (κ1) is 28.6. The minimum atomic E-state index is -0.367. The number of hydrogen-bond acceptors (Lipinski definition) is 2. The Morgan fingerprint density at radius 3 is 1.30 bits per heavy atom. The Morgan fingerprint density at radius 2 is 0.760 bits per heavy atom. The van der Waals surface area contributed by atoms with Gasteiger partial charge in [0.1, 0.15) is 0 Å². The van der Waals surface area contributed by atoms with Crippen LogP contribution in [0.4, 0.5) is 28.4 Å². The second-order valence-electron chi connectivity index (χ2n) is 13.3. The molecule has 0 saturated heterocycles. The van der Waals surface area contributed by atoms with E-state index in [0.29, 0.717) is 0 Å². The van der Waals surface area contributed by atoms with Crippen LogP contribution in [0, 0.1) is 0 Å². The molecule has 0 saturated carbocycles. The van der Waals surface area contributed by atoms with Gasteiger partial charge in [-0.25, -0.2) is 0 Å². The van der Waals surface area contributed by atoms with Crippen molar-refractivity contribution in [1.29, 1.82) is 0 Å². The average Bonchev–Trinajstić information content (AvgIpc) is 3.66. The lowest BCUT2D eigenvalue weighted by Gasteiger charge is -2.32. The van der Waals surface area contributed by atoms with Crippen molar-refractivity contribution in [1.82, 2.24) is 0 Å². The van der Waals surface area contributed by atoms with E-state index in [2.05, 4.69) is 205 Å². The van der Waals surface area contributed by atoms with E-state index >= 15 is 0 Å². The fourth-order valence-corrected chi connectivity index (χ4v) is 8.77. The summed E-state index contributed by atoms with van der Waals surface area (Å²) in [7, 11) is 2.21. The van der Waals surface area contributed by atoms with Crippen LogP contribution in [0.25, 0.3) is 33.0 Å². The molecule has 0 aromatic heterocycles. The molecule has 50 heavy (non-hydrogen) atoms. The highest BCUT2D eigenvalue weighted by molar-refractivity contribution is 6.06. The highest BCUT2D eigenvalue weighted by atomic mass is 15.1. The van der Waals surface area contributed by atoms with E-state index in [0.717, 1.165) is 17.1 Å². The number of fused-ring (bicyclic) bond motifs is 11. The Hall–Kier alpha value is -6.38. The first-order valence-electron chi connectivity index (χ1n) is 17.3. The van der Waals surface area contributed by atoms with Crippen molar-refractivity contribution in [2.75, 3.05) is 16.8 Å².